The van der Waals surface area contributed by atoms with Crippen LogP contribution >= 0.6 is 15.9 Å². The fourth-order valence-corrected chi connectivity index (χ4v) is 3.39. The Labute approximate surface area is 153 Å². The van der Waals surface area contributed by atoms with Crippen molar-refractivity contribution in [3.8, 4) is 5.75 Å². The van der Waals surface area contributed by atoms with Crippen molar-refractivity contribution >= 4 is 21.8 Å². The molecule has 0 aliphatic heterocycles. The van der Waals surface area contributed by atoms with Crippen LogP contribution in [0.3, 0.4) is 0 Å². The molecule has 0 radical (unpaired) electrons. The van der Waals surface area contributed by atoms with Gasteiger partial charge in [0.05, 0.1) is 0 Å². The van der Waals surface area contributed by atoms with Crippen LogP contribution < -0.4 is 15.4 Å². The zero-order chi connectivity index (χ0) is 17.6. The normalized spacial score (nSPS) is 16.0. The summed E-state index contributed by atoms with van der Waals surface area (Å²) >= 11 is 3.52. The minimum Gasteiger partial charge on any atom is -0.483 e. The van der Waals surface area contributed by atoms with Crippen molar-refractivity contribution in [2.75, 3.05) is 6.61 Å². The fourth-order valence-electron chi connectivity index (χ4n) is 2.99. The summed E-state index contributed by atoms with van der Waals surface area (Å²) in [5, 5.41) is 6.55. The molecule has 134 valence electrons. The van der Waals surface area contributed by atoms with Gasteiger partial charge in [0, 0.05) is 28.2 Å². The summed E-state index contributed by atoms with van der Waals surface area (Å²) in [6, 6.07) is 6.52. The van der Waals surface area contributed by atoms with Gasteiger partial charge in [0.25, 0.3) is 5.91 Å². The molecule has 1 saturated carbocycles. The summed E-state index contributed by atoms with van der Waals surface area (Å²) in [7, 11) is 0. The maximum atomic E-state index is 12.0. The molecule has 1 amide bonds. The van der Waals surface area contributed by atoms with Crippen molar-refractivity contribution in [2.24, 2.45) is 0 Å². The Morgan fingerprint density at radius 3 is 2.62 bits per heavy atom. The lowest BCUT2D eigenvalue weighted by molar-refractivity contribution is -0.124. The molecule has 0 unspecified atom stereocenters. The summed E-state index contributed by atoms with van der Waals surface area (Å²) in [6.07, 6.45) is 6.47. The van der Waals surface area contributed by atoms with Crippen LogP contribution in [0.5, 0.6) is 5.75 Å². The molecule has 0 atom stereocenters. The van der Waals surface area contributed by atoms with Crippen molar-refractivity contribution in [2.45, 2.75) is 71.0 Å². The summed E-state index contributed by atoms with van der Waals surface area (Å²) in [6.45, 7) is 6.69. The largest absolute Gasteiger partial charge is 0.483 e. The van der Waals surface area contributed by atoms with E-state index in [2.05, 4.69) is 32.6 Å². The average molecular weight is 397 g/mol. The maximum absolute atomic E-state index is 12.0. The lowest BCUT2D eigenvalue weighted by atomic mass is 9.95. The number of hydrogen-bond acceptors (Lipinski definition) is 3. The third kappa shape index (κ3) is 6.81. The third-order valence-electron chi connectivity index (χ3n) is 4.08. The molecule has 24 heavy (non-hydrogen) atoms. The van der Waals surface area contributed by atoms with E-state index in [0.717, 1.165) is 22.3 Å². The first-order chi connectivity index (χ1) is 11.3. The minimum atomic E-state index is -0.245. The Hall–Kier alpha value is -1.07. The first-order valence-corrected chi connectivity index (χ1v) is 9.58. The Morgan fingerprint density at radius 2 is 1.96 bits per heavy atom. The van der Waals surface area contributed by atoms with Crippen LogP contribution in [0.4, 0.5) is 0 Å². The van der Waals surface area contributed by atoms with E-state index in [9.17, 15) is 4.79 Å². The molecule has 1 aliphatic carbocycles. The van der Waals surface area contributed by atoms with Crippen LogP contribution in [0.15, 0.2) is 22.7 Å². The quantitative estimate of drug-likeness (QED) is 0.758. The number of carbonyl (C=O) groups excluding carboxylic acids is 1. The summed E-state index contributed by atoms with van der Waals surface area (Å²) < 4.78 is 6.79. The minimum absolute atomic E-state index is 0.0370. The standard InChI is InChI=1S/C19H29BrN2O2/c1-19(2,3)22-18(23)13-24-17-10-9-15(20)11-14(17)12-21-16-7-5-4-6-8-16/h9-11,16,21H,4-8,12-13H2,1-3H3,(H,22,23). The Morgan fingerprint density at radius 1 is 1.25 bits per heavy atom. The first kappa shape index (κ1) is 19.3. The first-order valence-electron chi connectivity index (χ1n) is 8.79. The van der Waals surface area contributed by atoms with Gasteiger partial charge >= 0.3 is 0 Å². The van der Waals surface area contributed by atoms with Gasteiger partial charge in [0.1, 0.15) is 5.75 Å². The van der Waals surface area contributed by atoms with Crippen LogP contribution in [0.2, 0.25) is 0 Å². The van der Waals surface area contributed by atoms with E-state index >= 15 is 0 Å². The van der Waals surface area contributed by atoms with Crippen LogP contribution in [-0.4, -0.2) is 24.1 Å². The number of benzene rings is 1. The van der Waals surface area contributed by atoms with Gasteiger partial charge in [-0.3, -0.25) is 4.79 Å². The second-order valence-electron chi connectivity index (χ2n) is 7.55. The molecule has 1 aliphatic rings. The van der Waals surface area contributed by atoms with E-state index in [1.54, 1.807) is 0 Å². The SMILES string of the molecule is CC(C)(C)NC(=O)COc1ccc(Br)cc1CNC1CCCCC1. The summed E-state index contributed by atoms with van der Waals surface area (Å²) in [5.74, 6) is 0.669. The van der Waals surface area contributed by atoms with E-state index < -0.39 is 0 Å². The van der Waals surface area contributed by atoms with Gasteiger partial charge in [-0.15, -0.1) is 0 Å². The lowest BCUT2D eigenvalue weighted by Crippen LogP contribution is -2.43. The predicted molar refractivity (Wildman–Crippen MR) is 101 cm³/mol. The molecule has 4 nitrogen and oxygen atoms in total. The lowest BCUT2D eigenvalue weighted by Gasteiger charge is -2.24. The molecule has 1 aromatic rings. The number of halogens is 1. The van der Waals surface area contributed by atoms with E-state index in [4.69, 9.17) is 4.74 Å². The van der Waals surface area contributed by atoms with Crippen LogP contribution in [-0.2, 0) is 11.3 Å². The highest BCUT2D eigenvalue weighted by Crippen LogP contribution is 2.24. The Balaban J connectivity index is 1.92. The molecule has 0 heterocycles. The number of hydrogen-bond donors (Lipinski definition) is 2. The monoisotopic (exact) mass is 396 g/mol. The van der Waals surface area contributed by atoms with Gasteiger partial charge in [-0.2, -0.15) is 0 Å². The number of nitrogens with one attached hydrogen (secondary N) is 2. The van der Waals surface area contributed by atoms with Gasteiger partial charge in [0.15, 0.2) is 6.61 Å². The third-order valence-corrected chi connectivity index (χ3v) is 4.58. The molecule has 2 rings (SSSR count). The highest BCUT2D eigenvalue weighted by atomic mass is 79.9. The van der Waals surface area contributed by atoms with Crippen molar-refractivity contribution < 1.29 is 9.53 Å². The summed E-state index contributed by atoms with van der Waals surface area (Å²) in [4.78, 5) is 12.0. The molecule has 2 N–H and O–H groups in total. The highest BCUT2D eigenvalue weighted by Gasteiger charge is 2.16. The van der Waals surface area contributed by atoms with Crippen molar-refractivity contribution in [1.29, 1.82) is 0 Å². The predicted octanol–water partition coefficient (Wildman–Crippen LogP) is 4.16. The van der Waals surface area contributed by atoms with Gasteiger partial charge in [-0.1, -0.05) is 35.2 Å². The van der Waals surface area contributed by atoms with E-state index in [1.807, 2.05) is 32.9 Å². The van der Waals surface area contributed by atoms with Gasteiger partial charge in [0.2, 0.25) is 0 Å². The molecular formula is C19H29BrN2O2. The molecule has 0 aromatic heterocycles. The van der Waals surface area contributed by atoms with E-state index in [-0.39, 0.29) is 18.1 Å². The summed E-state index contributed by atoms with van der Waals surface area (Å²) in [5.41, 5.74) is 0.837. The Kier molecular flexibility index (Phi) is 7.11. The number of carbonyl (C=O) groups is 1. The van der Waals surface area contributed by atoms with Gasteiger partial charge in [-0.05, 0) is 51.8 Å². The number of ether oxygens (including phenoxy) is 1. The number of amides is 1. The zero-order valence-electron chi connectivity index (χ0n) is 15.0. The number of rotatable bonds is 6. The second-order valence-corrected chi connectivity index (χ2v) is 8.47. The molecule has 0 bridgehead atoms. The average Bonchev–Trinajstić information content (AvgIpc) is 2.51. The van der Waals surface area contributed by atoms with Crippen LogP contribution in [0.1, 0.15) is 58.4 Å². The van der Waals surface area contributed by atoms with Gasteiger partial charge in [-0.25, -0.2) is 0 Å². The molecule has 1 aromatic carbocycles. The molecular weight excluding hydrogens is 368 g/mol. The second kappa shape index (κ2) is 8.86. The van der Waals surface area contributed by atoms with Crippen LogP contribution in [0.25, 0.3) is 0 Å². The smallest absolute Gasteiger partial charge is 0.258 e. The maximum Gasteiger partial charge on any atom is 0.258 e. The molecule has 5 heteroatoms. The van der Waals surface area contributed by atoms with Crippen LogP contribution in [0, 0.1) is 0 Å². The topological polar surface area (TPSA) is 50.4 Å². The fraction of sp³-hybridized carbons (Fsp3) is 0.632. The van der Waals surface area contributed by atoms with Crippen molar-refractivity contribution in [3.05, 3.63) is 28.2 Å². The highest BCUT2D eigenvalue weighted by molar-refractivity contribution is 9.10. The molecule has 0 spiro atoms. The zero-order valence-corrected chi connectivity index (χ0v) is 16.5. The van der Waals surface area contributed by atoms with E-state index in [1.165, 1.54) is 32.1 Å². The Bertz CT molecular complexity index is 549. The van der Waals surface area contributed by atoms with Crippen molar-refractivity contribution in [1.82, 2.24) is 10.6 Å². The van der Waals surface area contributed by atoms with E-state index in [0.29, 0.717) is 6.04 Å². The molecule has 0 saturated heterocycles. The van der Waals surface area contributed by atoms with Gasteiger partial charge < -0.3 is 15.4 Å². The van der Waals surface area contributed by atoms with Crippen molar-refractivity contribution in [3.63, 3.8) is 0 Å². The molecule has 1 fully saturated rings.